The average Bonchev–Trinajstić information content (AvgIpc) is 2.11. The summed E-state index contributed by atoms with van der Waals surface area (Å²) in [5.74, 6) is 3.94. The Bertz CT molecular complexity index is 343. The van der Waals surface area contributed by atoms with Gasteiger partial charge in [0.25, 0.3) is 11.0 Å². The summed E-state index contributed by atoms with van der Waals surface area (Å²) in [5.41, 5.74) is 0. The van der Waals surface area contributed by atoms with Crippen LogP contribution in [0.5, 0.6) is 0 Å². The molecule has 8 heteroatoms. The van der Waals surface area contributed by atoms with E-state index in [0.717, 1.165) is 0 Å². The fourth-order valence-electron chi connectivity index (χ4n) is 0.399. The van der Waals surface area contributed by atoms with Gasteiger partial charge in [-0.3, -0.25) is 9.05 Å². The lowest BCUT2D eigenvalue weighted by Crippen LogP contribution is -2.00. The van der Waals surface area contributed by atoms with Crippen LogP contribution in [-0.2, 0) is 28.6 Å². The van der Waals surface area contributed by atoms with E-state index >= 15 is 0 Å². The van der Waals surface area contributed by atoms with Gasteiger partial charge < -0.3 is 0 Å². The molecule has 0 unspecified atom stereocenters. The molecule has 6 nitrogen and oxygen atoms in total. The van der Waals surface area contributed by atoms with Crippen LogP contribution in [-0.4, -0.2) is 21.6 Å². The van der Waals surface area contributed by atoms with Crippen molar-refractivity contribution in [3.8, 4) is 24.7 Å². The molecule has 14 heavy (non-hydrogen) atoms. The molecule has 0 spiro atoms. The highest BCUT2D eigenvalue weighted by molar-refractivity contribution is 7.74. The van der Waals surface area contributed by atoms with Crippen molar-refractivity contribution < 1.29 is 26.0 Å². The first-order chi connectivity index (χ1) is 6.54. The molecule has 0 aromatic rings. The third kappa shape index (κ3) is 5.76. The number of rotatable bonds is 6. The van der Waals surface area contributed by atoms with E-state index in [4.69, 9.17) is 12.8 Å². The minimum Gasteiger partial charge on any atom is -0.273 e. The highest BCUT2D eigenvalue weighted by atomic mass is 32.2. The molecule has 0 saturated heterocycles. The van der Waals surface area contributed by atoms with Crippen LogP contribution < -0.4 is 0 Å². The predicted molar refractivity (Wildman–Crippen MR) is 48.6 cm³/mol. The molecule has 0 aromatic carbocycles. The second-order valence-corrected chi connectivity index (χ2v) is 4.22. The highest BCUT2D eigenvalue weighted by Crippen LogP contribution is 2.49. The Morgan fingerprint density at radius 1 is 1.14 bits per heavy atom. The molecule has 0 radical (unpaired) electrons. The fraction of sp³-hybridized carbons (Fsp3) is 0.333. The molecule has 0 fully saturated rings. The third-order valence-corrected chi connectivity index (χ3v) is 3.00. The van der Waals surface area contributed by atoms with Crippen molar-refractivity contribution in [3.63, 3.8) is 0 Å². The van der Waals surface area contributed by atoms with Crippen LogP contribution in [0.2, 0.25) is 0 Å². The summed E-state index contributed by atoms with van der Waals surface area (Å²) in [6.07, 6.45) is 9.59. The van der Waals surface area contributed by atoms with Gasteiger partial charge in [0.15, 0.2) is 0 Å². The first-order valence-electron chi connectivity index (χ1n) is 3.14. The zero-order valence-corrected chi connectivity index (χ0v) is 8.70. The van der Waals surface area contributed by atoms with Crippen molar-refractivity contribution in [3.05, 3.63) is 0 Å². The Hall–Kier alpha value is -0.820. The molecule has 78 valence electrons. The van der Waals surface area contributed by atoms with Crippen LogP contribution in [0.3, 0.4) is 0 Å². The topological polar surface area (TPSA) is 78.9 Å². The third-order valence-electron chi connectivity index (χ3n) is 0.779. The summed E-state index contributed by atoms with van der Waals surface area (Å²) in [7, 11) is -7.56. The van der Waals surface area contributed by atoms with E-state index in [-0.39, 0.29) is 0 Å². The normalized spacial score (nSPS) is 10.8. The molecular formula is C6H7O6PS. The Morgan fingerprint density at radius 3 is 1.86 bits per heavy atom. The summed E-state index contributed by atoms with van der Waals surface area (Å²) < 4.78 is 44.2. The van der Waals surface area contributed by atoms with Crippen LogP contribution in [0.25, 0.3) is 0 Å². The SMILES string of the molecule is C#CCOP(=O)(OCC#C)O[SH](=O)=O. The van der Waals surface area contributed by atoms with Gasteiger partial charge in [-0.2, -0.15) is 3.97 Å². The number of hydrogen-bond donors (Lipinski definition) is 1. The van der Waals surface area contributed by atoms with Gasteiger partial charge in [-0.1, -0.05) is 11.8 Å². The Labute approximate surface area is 83.3 Å². The lowest BCUT2D eigenvalue weighted by Gasteiger charge is -2.10. The standard InChI is InChI=1S/C6H7O6PS/c1-3-5-10-13(7,11-6-4-2)12-14(8)9/h1-2,14H,5-6H2. The highest BCUT2D eigenvalue weighted by Gasteiger charge is 2.27. The Morgan fingerprint density at radius 2 is 1.57 bits per heavy atom. The van der Waals surface area contributed by atoms with Crippen molar-refractivity contribution in [2.75, 3.05) is 13.2 Å². The number of thiol groups is 1. The summed E-state index contributed by atoms with van der Waals surface area (Å²) in [6, 6.07) is 0. The summed E-state index contributed by atoms with van der Waals surface area (Å²) in [4.78, 5) is 0. The second-order valence-electron chi connectivity index (χ2n) is 1.71. The maximum absolute atomic E-state index is 11.3. The molecule has 0 amide bonds. The molecule has 0 N–H and O–H groups in total. The number of hydrogen-bond acceptors (Lipinski definition) is 6. The quantitative estimate of drug-likeness (QED) is 0.396. The molecule has 0 aliphatic rings. The molecule has 0 heterocycles. The van der Waals surface area contributed by atoms with E-state index in [9.17, 15) is 13.0 Å². The van der Waals surface area contributed by atoms with Gasteiger partial charge in [-0.05, 0) is 0 Å². The Balaban J connectivity index is 4.43. The summed E-state index contributed by atoms with van der Waals surface area (Å²) in [6.45, 7) is -0.823. The van der Waals surface area contributed by atoms with Crippen LogP contribution in [0.15, 0.2) is 0 Å². The van der Waals surface area contributed by atoms with Gasteiger partial charge in [-0.25, -0.2) is 13.0 Å². The minimum atomic E-state index is -4.19. The van der Waals surface area contributed by atoms with E-state index in [0.29, 0.717) is 0 Å². The minimum absolute atomic E-state index is 0.412. The molecule has 0 aliphatic heterocycles. The van der Waals surface area contributed by atoms with Crippen molar-refractivity contribution in [1.29, 1.82) is 0 Å². The van der Waals surface area contributed by atoms with Gasteiger partial charge >= 0.3 is 7.82 Å². The van der Waals surface area contributed by atoms with Gasteiger partial charge in [0.1, 0.15) is 13.2 Å². The van der Waals surface area contributed by atoms with Crippen LogP contribution >= 0.6 is 7.82 Å². The first-order valence-corrected chi connectivity index (χ1v) is 5.70. The molecular weight excluding hydrogens is 231 g/mol. The largest absolute Gasteiger partial charge is 0.491 e. The smallest absolute Gasteiger partial charge is 0.273 e. The van der Waals surface area contributed by atoms with E-state index < -0.39 is 32.0 Å². The van der Waals surface area contributed by atoms with Crippen LogP contribution in [0.4, 0.5) is 0 Å². The molecule has 0 saturated carbocycles. The monoisotopic (exact) mass is 238 g/mol. The van der Waals surface area contributed by atoms with E-state index in [1.54, 1.807) is 0 Å². The summed E-state index contributed by atoms with van der Waals surface area (Å²) in [5, 5.41) is 0. The molecule has 0 aromatic heterocycles. The van der Waals surface area contributed by atoms with Gasteiger partial charge in [0, 0.05) is 0 Å². The van der Waals surface area contributed by atoms with Crippen molar-refractivity contribution in [2.24, 2.45) is 0 Å². The fourth-order valence-corrected chi connectivity index (χ4v) is 1.97. The lowest BCUT2D eigenvalue weighted by molar-refractivity contribution is 0.189. The maximum atomic E-state index is 11.3. The van der Waals surface area contributed by atoms with Gasteiger partial charge in [0.2, 0.25) is 0 Å². The molecule has 0 aliphatic carbocycles. The van der Waals surface area contributed by atoms with Gasteiger partial charge in [-0.15, -0.1) is 12.8 Å². The predicted octanol–water partition coefficient (Wildman–Crippen LogP) is -0.0629. The average molecular weight is 238 g/mol. The number of phosphoric acid groups is 1. The van der Waals surface area contributed by atoms with E-state index in [1.165, 1.54) is 0 Å². The van der Waals surface area contributed by atoms with E-state index in [1.807, 2.05) is 11.8 Å². The molecule has 0 bridgehead atoms. The number of phosphoric ester groups is 1. The van der Waals surface area contributed by atoms with Crippen molar-refractivity contribution in [1.82, 2.24) is 0 Å². The lowest BCUT2D eigenvalue weighted by atomic mass is 10.8. The Kier molecular flexibility index (Phi) is 6.22. The van der Waals surface area contributed by atoms with Crippen LogP contribution in [0.1, 0.15) is 0 Å². The van der Waals surface area contributed by atoms with E-state index in [2.05, 4.69) is 13.0 Å². The zero-order valence-electron chi connectivity index (χ0n) is 6.91. The molecule has 0 atom stereocenters. The number of terminal acetylenes is 2. The second kappa shape index (κ2) is 6.61. The zero-order chi connectivity index (χ0) is 11.0. The van der Waals surface area contributed by atoms with Crippen molar-refractivity contribution >= 4 is 18.8 Å². The van der Waals surface area contributed by atoms with Crippen LogP contribution in [0, 0.1) is 24.7 Å². The van der Waals surface area contributed by atoms with Crippen molar-refractivity contribution in [2.45, 2.75) is 0 Å². The first kappa shape index (κ1) is 13.2. The summed E-state index contributed by atoms with van der Waals surface area (Å²) >= 11 is 0. The maximum Gasteiger partial charge on any atom is 0.491 e. The molecule has 0 rings (SSSR count). The van der Waals surface area contributed by atoms with Gasteiger partial charge in [0.05, 0.1) is 0 Å².